The number of hydrogen-bond acceptors (Lipinski definition) is 7. The van der Waals surface area contributed by atoms with Gasteiger partial charge >= 0.3 is 5.97 Å². The number of amides is 1. The molecule has 1 atom stereocenters. The zero-order chi connectivity index (χ0) is 20.9. The number of methoxy groups -OCH3 is 1. The summed E-state index contributed by atoms with van der Waals surface area (Å²) in [5.41, 5.74) is 1.59. The molecule has 10 heteroatoms. The van der Waals surface area contributed by atoms with E-state index < -0.39 is 27.9 Å². The maximum Gasteiger partial charge on any atom is 0.337 e. The van der Waals surface area contributed by atoms with Crippen LogP contribution in [0.1, 0.15) is 34.3 Å². The van der Waals surface area contributed by atoms with Crippen molar-refractivity contribution in [2.45, 2.75) is 38.1 Å². The van der Waals surface area contributed by atoms with Gasteiger partial charge in [0.1, 0.15) is 10.6 Å². The average molecular weight is 409 g/mol. The minimum absolute atomic E-state index is 0.0576. The smallest absolute Gasteiger partial charge is 0.337 e. The zero-order valence-corrected chi connectivity index (χ0v) is 16.9. The van der Waals surface area contributed by atoms with Gasteiger partial charge in [-0.1, -0.05) is 17.3 Å². The van der Waals surface area contributed by atoms with Crippen LogP contribution in [0.5, 0.6) is 0 Å². The predicted octanol–water partition coefficient (Wildman–Crippen LogP) is 1.10. The number of aromatic nitrogens is 1. The minimum atomic E-state index is -3.93. The Hall–Kier alpha value is -2.72. The molecule has 0 bridgehead atoms. The zero-order valence-electron chi connectivity index (χ0n) is 16.1. The van der Waals surface area contributed by atoms with Gasteiger partial charge in [-0.25, -0.2) is 13.2 Å². The predicted molar refractivity (Wildman–Crippen MR) is 100 cm³/mol. The monoisotopic (exact) mass is 409 g/mol. The quantitative estimate of drug-likeness (QED) is 0.625. The van der Waals surface area contributed by atoms with Gasteiger partial charge in [0.2, 0.25) is 15.9 Å². The van der Waals surface area contributed by atoms with Gasteiger partial charge in [-0.2, -0.15) is 4.72 Å². The molecule has 0 aliphatic rings. The summed E-state index contributed by atoms with van der Waals surface area (Å²) in [7, 11) is -2.61. The Labute approximate surface area is 163 Å². The molecule has 152 valence electrons. The lowest BCUT2D eigenvalue weighted by atomic mass is 10.1. The van der Waals surface area contributed by atoms with Gasteiger partial charge < -0.3 is 14.6 Å². The van der Waals surface area contributed by atoms with Gasteiger partial charge in [0, 0.05) is 6.54 Å². The molecule has 1 aromatic carbocycles. The van der Waals surface area contributed by atoms with E-state index in [0.717, 1.165) is 5.56 Å². The molecule has 0 spiro atoms. The number of aryl methyl sites for hydroxylation is 2. The van der Waals surface area contributed by atoms with Crippen molar-refractivity contribution in [3.63, 3.8) is 0 Å². The van der Waals surface area contributed by atoms with Gasteiger partial charge in [0.15, 0.2) is 5.76 Å². The number of hydrogen-bond donors (Lipinski definition) is 2. The van der Waals surface area contributed by atoms with E-state index in [1.54, 1.807) is 24.3 Å². The highest BCUT2D eigenvalue weighted by atomic mass is 32.2. The maximum absolute atomic E-state index is 12.4. The van der Waals surface area contributed by atoms with Crippen LogP contribution in [0.15, 0.2) is 33.7 Å². The number of ether oxygens (including phenoxy) is 1. The SMILES string of the molecule is COC(=O)c1ccc(CCNC(=O)[C@H](C)NS(=O)(=O)c2c(C)noc2C)cc1. The van der Waals surface area contributed by atoms with Gasteiger partial charge in [-0.3, -0.25) is 4.79 Å². The lowest BCUT2D eigenvalue weighted by Crippen LogP contribution is -2.45. The maximum atomic E-state index is 12.4. The number of esters is 1. The molecule has 0 saturated carbocycles. The van der Waals surface area contributed by atoms with E-state index in [0.29, 0.717) is 18.5 Å². The second-order valence-electron chi connectivity index (χ2n) is 6.23. The standard InChI is InChI=1S/C18H23N3O6S/c1-11-16(13(3)27-20-11)28(24,25)21-12(2)17(22)19-10-9-14-5-7-15(8-6-14)18(23)26-4/h5-8,12,21H,9-10H2,1-4H3,(H,19,22)/t12-/m0/s1. The summed E-state index contributed by atoms with van der Waals surface area (Å²) >= 11 is 0. The summed E-state index contributed by atoms with van der Waals surface area (Å²) < 4.78 is 36.7. The first-order valence-corrected chi connectivity index (χ1v) is 10.0. The van der Waals surface area contributed by atoms with Crippen LogP contribution in [0.2, 0.25) is 0 Å². The lowest BCUT2D eigenvalue weighted by Gasteiger charge is -2.14. The van der Waals surface area contributed by atoms with Crippen LogP contribution in [0.25, 0.3) is 0 Å². The Kier molecular flexibility index (Phi) is 6.92. The van der Waals surface area contributed by atoms with E-state index in [1.165, 1.54) is 27.9 Å². The molecule has 0 radical (unpaired) electrons. The summed E-state index contributed by atoms with van der Waals surface area (Å²) in [5, 5.41) is 6.30. The molecule has 28 heavy (non-hydrogen) atoms. The van der Waals surface area contributed by atoms with Gasteiger partial charge in [-0.05, 0) is 44.9 Å². The van der Waals surface area contributed by atoms with Crippen molar-refractivity contribution in [2.75, 3.05) is 13.7 Å². The van der Waals surface area contributed by atoms with Gasteiger partial charge in [-0.15, -0.1) is 0 Å². The number of benzene rings is 1. The summed E-state index contributed by atoms with van der Waals surface area (Å²) in [6.45, 7) is 4.77. The number of nitrogens with one attached hydrogen (secondary N) is 2. The van der Waals surface area contributed by atoms with Crippen LogP contribution < -0.4 is 10.0 Å². The van der Waals surface area contributed by atoms with Crippen LogP contribution in [0.3, 0.4) is 0 Å². The molecule has 0 fully saturated rings. The molecule has 2 N–H and O–H groups in total. The number of carbonyl (C=O) groups is 2. The first-order valence-electron chi connectivity index (χ1n) is 8.56. The molecular weight excluding hydrogens is 386 g/mol. The fourth-order valence-electron chi connectivity index (χ4n) is 2.61. The van der Waals surface area contributed by atoms with Crippen molar-refractivity contribution < 1.29 is 27.3 Å². The largest absolute Gasteiger partial charge is 0.465 e. The number of carbonyl (C=O) groups excluding carboxylic acids is 2. The van der Waals surface area contributed by atoms with Crippen molar-refractivity contribution in [3.8, 4) is 0 Å². The molecule has 1 aromatic heterocycles. The highest BCUT2D eigenvalue weighted by molar-refractivity contribution is 7.89. The summed E-state index contributed by atoms with van der Waals surface area (Å²) in [6, 6.07) is 5.84. The molecule has 1 heterocycles. The minimum Gasteiger partial charge on any atom is -0.465 e. The van der Waals surface area contributed by atoms with Gasteiger partial charge in [0.25, 0.3) is 0 Å². The molecule has 0 unspecified atom stereocenters. The Morgan fingerprint density at radius 3 is 2.39 bits per heavy atom. The highest BCUT2D eigenvalue weighted by Gasteiger charge is 2.27. The average Bonchev–Trinajstić information content (AvgIpc) is 3.00. The van der Waals surface area contributed by atoms with Crippen LogP contribution >= 0.6 is 0 Å². The summed E-state index contributed by atoms with van der Waals surface area (Å²) in [6.07, 6.45) is 0.524. The van der Waals surface area contributed by atoms with Crippen molar-refractivity contribution in [3.05, 3.63) is 46.8 Å². The molecule has 9 nitrogen and oxygen atoms in total. The Balaban J connectivity index is 1.88. The fraction of sp³-hybridized carbons (Fsp3) is 0.389. The third-order valence-corrected chi connectivity index (χ3v) is 5.83. The van der Waals surface area contributed by atoms with Crippen LogP contribution in [-0.4, -0.2) is 45.1 Å². The molecular formula is C18H23N3O6S. The summed E-state index contributed by atoms with van der Waals surface area (Å²) in [4.78, 5) is 23.5. The van der Waals surface area contributed by atoms with Crippen molar-refractivity contribution in [1.82, 2.24) is 15.2 Å². The molecule has 0 saturated heterocycles. The highest BCUT2D eigenvalue weighted by Crippen LogP contribution is 2.18. The Morgan fingerprint density at radius 1 is 1.21 bits per heavy atom. The topological polar surface area (TPSA) is 128 Å². The second kappa shape index (κ2) is 8.98. The van der Waals surface area contributed by atoms with E-state index >= 15 is 0 Å². The Morgan fingerprint density at radius 2 is 1.86 bits per heavy atom. The first kappa shape index (κ1) is 21.6. The van der Waals surface area contributed by atoms with E-state index in [-0.39, 0.29) is 16.3 Å². The van der Waals surface area contributed by atoms with Crippen LogP contribution in [0, 0.1) is 13.8 Å². The van der Waals surface area contributed by atoms with Crippen molar-refractivity contribution in [1.29, 1.82) is 0 Å². The molecule has 2 aromatic rings. The number of sulfonamides is 1. The number of nitrogens with zero attached hydrogens (tertiary/aromatic N) is 1. The molecule has 0 aliphatic heterocycles. The van der Waals surface area contributed by atoms with Crippen molar-refractivity contribution >= 4 is 21.9 Å². The number of rotatable bonds is 8. The molecule has 1 amide bonds. The van der Waals surface area contributed by atoms with Gasteiger partial charge in [0.05, 0.1) is 18.7 Å². The normalized spacial score (nSPS) is 12.4. The second-order valence-corrected chi connectivity index (χ2v) is 7.88. The lowest BCUT2D eigenvalue weighted by molar-refractivity contribution is -0.122. The molecule has 2 rings (SSSR count). The summed E-state index contributed by atoms with van der Waals surface area (Å²) in [5.74, 6) is -0.714. The van der Waals surface area contributed by atoms with Crippen LogP contribution in [0.4, 0.5) is 0 Å². The third-order valence-electron chi connectivity index (χ3n) is 4.05. The Bertz CT molecular complexity index is 931. The third kappa shape index (κ3) is 5.17. The van der Waals surface area contributed by atoms with Crippen molar-refractivity contribution in [2.24, 2.45) is 0 Å². The first-order chi connectivity index (χ1) is 13.2. The van der Waals surface area contributed by atoms with E-state index in [9.17, 15) is 18.0 Å². The van der Waals surface area contributed by atoms with E-state index in [1.807, 2.05) is 0 Å². The van der Waals surface area contributed by atoms with Crippen LogP contribution in [-0.2, 0) is 26.0 Å². The van der Waals surface area contributed by atoms with E-state index in [2.05, 4.69) is 19.9 Å². The molecule has 0 aliphatic carbocycles. The fourth-order valence-corrected chi connectivity index (χ4v) is 4.14. The van der Waals surface area contributed by atoms with E-state index in [4.69, 9.17) is 4.52 Å².